The molecule has 0 aliphatic carbocycles. The lowest BCUT2D eigenvalue weighted by Crippen LogP contribution is -2.48. The minimum Gasteiger partial charge on any atom is -0.324 e. The Morgan fingerprint density at radius 2 is 1.61 bits per heavy atom. The van der Waals surface area contributed by atoms with Crippen molar-refractivity contribution in [2.24, 2.45) is 11.8 Å². The molecule has 0 fully saturated rings. The van der Waals surface area contributed by atoms with Crippen LogP contribution in [0.25, 0.3) is 11.2 Å². The molecule has 176 valence electrons. The fraction of sp³-hybridized carbons (Fsp3) is 0.435. The zero-order chi connectivity index (χ0) is 24.1. The van der Waals surface area contributed by atoms with E-state index < -0.39 is 23.7 Å². The van der Waals surface area contributed by atoms with Crippen LogP contribution >= 0.6 is 0 Å². The van der Waals surface area contributed by atoms with Gasteiger partial charge in [0.2, 0.25) is 5.91 Å². The van der Waals surface area contributed by atoms with Crippen molar-refractivity contribution in [3.63, 3.8) is 0 Å². The van der Waals surface area contributed by atoms with Crippen LogP contribution in [0.1, 0.15) is 39.7 Å². The number of aromatic nitrogens is 4. The number of nitrogens with one attached hydrogen (secondary N) is 2. The first kappa shape index (κ1) is 24.0. The maximum Gasteiger partial charge on any atom is 0.333 e. The molecule has 0 aliphatic rings. The van der Waals surface area contributed by atoms with Gasteiger partial charge in [0.05, 0.1) is 12.9 Å². The molecule has 2 heterocycles. The molecule has 0 aliphatic heterocycles. The molecule has 0 radical (unpaired) electrons. The average molecular weight is 455 g/mol. The van der Waals surface area contributed by atoms with Crippen molar-refractivity contribution in [1.82, 2.24) is 29.5 Å². The Morgan fingerprint density at radius 3 is 2.24 bits per heavy atom. The molecular weight excluding hydrogens is 424 g/mol. The van der Waals surface area contributed by atoms with Crippen LogP contribution in [0.2, 0.25) is 0 Å². The molecule has 10 heteroatoms. The van der Waals surface area contributed by atoms with Crippen molar-refractivity contribution in [1.29, 1.82) is 0 Å². The first-order valence-electron chi connectivity index (χ1n) is 11.0. The Bertz CT molecular complexity index is 1250. The predicted molar refractivity (Wildman–Crippen MR) is 124 cm³/mol. The minimum absolute atomic E-state index is 0.123. The molecule has 2 N–H and O–H groups in total. The zero-order valence-electron chi connectivity index (χ0n) is 19.4. The average Bonchev–Trinajstić information content (AvgIpc) is 3.16. The van der Waals surface area contributed by atoms with E-state index in [2.05, 4.69) is 15.8 Å². The maximum absolute atomic E-state index is 13.3. The summed E-state index contributed by atoms with van der Waals surface area (Å²) in [6, 6.07) is 9.33. The summed E-state index contributed by atoms with van der Waals surface area (Å²) in [4.78, 5) is 55.2. The van der Waals surface area contributed by atoms with E-state index >= 15 is 0 Å². The number of amides is 2. The second-order valence-electron chi connectivity index (χ2n) is 8.90. The number of carbonyl (C=O) groups excluding carboxylic acids is 2. The summed E-state index contributed by atoms with van der Waals surface area (Å²) < 4.78 is 3.99. The predicted octanol–water partition coefficient (Wildman–Crippen LogP) is 1.26. The number of hydrogen-bond donors (Lipinski definition) is 2. The van der Waals surface area contributed by atoms with Gasteiger partial charge < -0.3 is 4.57 Å². The number of fused-ring (bicyclic) bond motifs is 1. The number of hydrogen-bond acceptors (Lipinski definition) is 5. The molecule has 0 saturated heterocycles. The summed E-state index contributed by atoms with van der Waals surface area (Å²) in [6.45, 7) is 7.98. The molecule has 0 spiro atoms. The molecule has 33 heavy (non-hydrogen) atoms. The van der Waals surface area contributed by atoms with Crippen molar-refractivity contribution >= 4 is 23.0 Å². The van der Waals surface area contributed by atoms with Crippen molar-refractivity contribution in [2.45, 2.75) is 53.8 Å². The monoisotopic (exact) mass is 454 g/mol. The lowest BCUT2D eigenvalue weighted by atomic mass is 10.1. The fourth-order valence-corrected chi connectivity index (χ4v) is 3.56. The van der Waals surface area contributed by atoms with Crippen LogP contribution in [0.3, 0.4) is 0 Å². The Hall–Kier alpha value is -3.69. The molecule has 10 nitrogen and oxygen atoms in total. The quantitative estimate of drug-likeness (QED) is 0.497. The van der Waals surface area contributed by atoms with Gasteiger partial charge in [0.25, 0.3) is 11.5 Å². The molecule has 3 aromatic rings. The Morgan fingerprint density at radius 1 is 0.939 bits per heavy atom. The number of benzene rings is 1. The molecule has 2 amide bonds. The van der Waals surface area contributed by atoms with E-state index in [0.717, 1.165) is 10.1 Å². The normalized spacial score (nSPS) is 11.3. The van der Waals surface area contributed by atoms with Crippen LogP contribution in [0.4, 0.5) is 0 Å². The van der Waals surface area contributed by atoms with Crippen LogP contribution in [0, 0.1) is 11.8 Å². The van der Waals surface area contributed by atoms with Crippen LogP contribution in [-0.2, 0) is 29.2 Å². The fourth-order valence-electron chi connectivity index (χ4n) is 3.56. The van der Waals surface area contributed by atoms with E-state index in [4.69, 9.17) is 0 Å². The highest BCUT2D eigenvalue weighted by molar-refractivity contribution is 5.82. The number of carbonyl (C=O) groups is 2. The maximum atomic E-state index is 13.3. The third kappa shape index (κ3) is 5.76. The Labute approximate surface area is 191 Å². The molecule has 0 saturated carbocycles. The smallest absolute Gasteiger partial charge is 0.324 e. The third-order valence-corrected chi connectivity index (χ3v) is 4.97. The standard InChI is InChI=1S/C23H30N6O4/c1-15(2)10-18(30)25-26-19(31)13-29-22(32)20-21(24-14-27(20)11-16(3)4)28(23(29)33)12-17-8-6-5-7-9-17/h5-9,14-16H,10-13H2,1-4H3,(H,25,30)(H,26,31). The second kappa shape index (κ2) is 10.3. The van der Waals surface area contributed by atoms with Crippen molar-refractivity contribution < 1.29 is 9.59 Å². The van der Waals surface area contributed by atoms with Gasteiger partial charge in [0.15, 0.2) is 11.2 Å². The summed E-state index contributed by atoms with van der Waals surface area (Å²) >= 11 is 0. The molecule has 0 unspecified atom stereocenters. The molecule has 0 atom stereocenters. The topological polar surface area (TPSA) is 120 Å². The summed E-state index contributed by atoms with van der Waals surface area (Å²) in [6.07, 6.45) is 1.79. The van der Waals surface area contributed by atoms with Crippen molar-refractivity contribution in [3.05, 3.63) is 63.1 Å². The lowest BCUT2D eigenvalue weighted by Gasteiger charge is -2.14. The van der Waals surface area contributed by atoms with Crippen LogP contribution in [0.5, 0.6) is 0 Å². The van der Waals surface area contributed by atoms with Gasteiger partial charge in [-0.3, -0.25) is 29.8 Å². The van der Waals surface area contributed by atoms with Gasteiger partial charge in [-0.05, 0) is 17.4 Å². The molecule has 3 rings (SSSR count). The van der Waals surface area contributed by atoms with E-state index in [9.17, 15) is 19.2 Å². The first-order valence-corrected chi connectivity index (χ1v) is 11.0. The number of rotatable bonds is 8. The zero-order valence-corrected chi connectivity index (χ0v) is 19.4. The second-order valence-corrected chi connectivity index (χ2v) is 8.90. The number of hydrazine groups is 1. The minimum atomic E-state index is -0.674. The van der Waals surface area contributed by atoms with Crippen molar-refractivity contribution in [3.8, 4) is 0 Å². The third-order valence-electron chi connectivity index (χ3n) is 4.97. The lowest BCUT2D eigenvalue weighted by molar-refractivity contribution is -0.129. The molecule has 0 bridgehead atoms. The van der Waals surface area contributed by atoms with E-state index in [-0.39, 0.29) is 41.9 Å². The van der Waals surface area contributed by atoms with E-state index in [1.54, 1.807) is 10.9 Å². The summed E-state index contributed by atoms with van der Waals surface area (Å²) in [5.74, 6) is -0.660. The molecule has 1 aromatic carbocycles. The van der Waals surface area contributed by atoms with Crippen LogP contribution < -0.4 is 22.1 Å². The molecular formula is C23H30N6O4. The largest absolute Gasteiger partial charge is 0.333 e. The van der Waals surface area contributed by atoms with Gasteiger partial charge in [-0.1, -0.05) is 58.0 Å². The number of nitrogens with zero attached hydrogens (tertiary/aromatic N) is 4. The highest BCUT2D eigenvalue weighted by atomic mass is 16.2. The summed E-state index contributed by atoms with van der Waals surface area (Å²) in [5.41, 5.74) is 4.75. The highest BCUT2D eigenvalue weighted by Crippen LogP contribution is 2.11. The van der Waals surface area contributed by atoms with Crippen molar-refractivity contribution in [2.75, 3.05) is 0 Å². The Balaban J connectivity index is 2.01. The van der Waals surface area contributed by atoms with Gasteiger partial charge in [0.1, 0.15) is 6.54 Å². The SMILES string of the molecule is CC(C)CC(=O)NNC(=O)Cn1c(=O)c2c(ncn2CC(C)C)n(Cc2ccccc2)c1=O. The van der Waals surface area contributed by atoms with Crippen LogP contribution in [-0.4, -0.2) is 30.5 Å². The van der Waals surface area contributed by atoms with Gasteiger partial charge in [-0.2, -0.15) is 0 Å². The summed E-state index contributed by atoms with van der Waals surface area (Å²) in [5, 5.41) is 0. The van der Waals surface area contributed by atoms with E-state index in [1.807, 2.05) is 58.0 Å². The number of imidazole rings is 1. The molecule has 2 aromatic heterocycles. The highest BCUT2D eigenvalue weighted by Gasteiger charge is 2.20. The Kier molecular flexibility index (Phi) is 7.47. The first-order chi connectivity index (χ1) is 15.7. The van der Waals surface area contributed by atoms with Crippen LogP contribution in [0.15, 0.2) is 46.2 Å². The van der Waals surface area contributed by atoms with Gasteiger partial charge >= 0.3 is 5.69 Å². The van der Waals surface area contributed by atoms with Gasteiger partial charge in [-0.25, -0.2) is 14.3 Å². The van der Waals surface area contributed by atoms with E-state index in [0.29, 0.717) is 6.54 Å². The summed E-state index contributed by atoms with van der Waals surface area (Å²) in [7, 11) is 0. The van der Waals surface area contributed by atoms with Gasteiger partial charge in [-0.15, -0.1) is 0 Å². The van der Waals surface area contributed by atoms with Gasteiger partial charge in [0, 0.05) is 13.0 Å². The van der Waals surface area contributed by atoms with E-state index in [1.165, 1.54) is 4.57 Å².